The monoisotopic (exact) mass is 300 g/mol. The molecule has 2 aliphatic rings. The summed E-state index contributed by atoms with van der Waals surface area (Å²) in [5.74, 6) is 0.413. The lowest BCUT2D eigenvalue weighted by molar-refractivity contribution is -0.110. The van der Waals surface area contributed by atoms with Crippen LogP contribution in [-0.4, -0.2) is 41.6 Å². The SMILES string of the molecule is N#Cc1c(OCC2CCN2C(=O)O)ccc2c1CC(C=O)C2. The quantitative estimate of drug-likeness (QED) is 0.853. The summed E-state index contributed by atoms with van der Waals surface area (Å²) in [5, 5.41) is 18.4. The van der Waals surface area contributed by atoms with E-state index >= 15 is 0 Å². The van der Waals surface area contributed by atoms with Crippen LogP contribution in [0.1, 0.15) is 23.1 Å². The zero-order valence-corrected chi connectivity index (χ0v) is 12.0. The second-order valence-corrected chi connectivity index (χ2v) is 5.72. The molecule has 1 saturated heterocycles. The van der Waals surface area contributed by atoms with E-state index in [2.05, 4.69) is 6.07 Å². The van der Waals surface area contributed by atoms with Crippen LogP contribution in [0.5, 0.6) is 5.75 Å². The smallest absolute Gasteiger partial charge is 0.407 e. The van der Waals surface area contributed by atoms with E-state index in [1.54, 1.807) is 6.07 Å². The van der Waals surface area contributed by atoms with Crippen molar-refractivity contribution in [3.63, 3.8) is 0 Å². The molecule has 6 nitrogen and oxygen atoms in total. The first-order chi connectivity index (χ1) is 10.6. The molecule has 6 heteroatoms. The molecule has 0 aromatic heterocycles. The molecule has 1 aromatic rings. The molecule has 1 N–H and O–H groups in total. The Hall–Kier alpha value is -2.55. The number of carbonyl (C=O) groups is 2. The minimum absolute atomic E-state index is 0.0634. The summed E-state index contributed by atoms with van der Waals surface area (Å²) in [4.78, 5) is 23.2. The Morgan fingerprint density at radius 1 is 1.50 bits per heavy atom. The van der Waals surface area contributed by atoms with Gasteiger partial charge in [0, 0.05) is 12.5 Å². The fourth-order valence-corrected chi connectivity index (χ4v) is 3.10. The predicted octanol–water partition coefficient (Wildman–Crippen LogP) is 1.60. The minimum atomic E-state index is -0.942. The maximum absolute atomic E-state index is 10.9. The lowest BCUT2D eigenvalue weighted by atomic mass is 10.0. The topological polar surface area (TPSA) is 90.6 Å². The zero-order chi connectivity index (χ0) is 15.7. The first kappa shape index (κ1) is 14.4. The van der Waals surface area contributed by atoms with E-state index in [9.17, 15) is 14.9 Å². The van der Waals surface area contributed by atoms with Gasteiger partial charge in [-0.1, -0.05) is 6.07 Å². The molecular formula is C16H16N2O4. The van der Waals surface area contributed by atoms with Crippen LogP contribution >= 0.6 is 0 Å². The number of carboxylic acid groups (broad SMARTS) is 1. The number of ether oxygens (including phenoxy) is 1. The summed E-state index contributed by atoms with van der Waals surface area (Å²) in [6, 6.07) is 5.65. The molecule has 0 radical (unpaired) electrons. The van der Waals surface area contributed by atoms with Crippen LogP contribution in [-0.2, 0) is 17.6 Å². The molecule has 1 heterocycles. The number of nitriles is 1. The third-order valence-corrected chi connectivity index (χ3v) is 4.45. The van der Waals surface area contributed by atoms with E-state index in [0.29, 0.717) is 30.7 Å². The summed E-state index contributed by atoms with van der Waals surface area (Å²) < 4.78 is 5.69. The van der Waals surface area contributed by atoms with Gasteiger partial charge in [0.15, 0.2) is 0 Å². The number of carbonyl (C=O) groups excluding carboxylic acids is 1. The van der Waals surface area contributed by atoms with Crippen molar-refractivity contribution < 1.29 is 19.4 Å². The molecular weight excluding hydrogens is 284 g/mol. The first-order valence-corrected chi connectivity index (χ1v) is 7.26. The maximum Gasteiger partial charge on any atom is 0.407 e. The van der Waals surface area contributed by atoms with Crippen molar-refractivity contribution in [2.24, 2.45) is 5.92 Å². The summed E-state index contributed by atoms with van der Waals surface area (Å²) in [6.45, 7) is 0.774. The summed E-state index contributed by atoms with van der Waals surface area (Å²) in [7, 11) is 0. The van der Waals surface area contributed by atoms with E-state index in [1.165, 1.54) is 4.90 Å². The molecule has 22 heavy (non-hydrogen) atoms. The lowest BCUT2D eigenvalue weighted by Crippen LogP contribution is -2.53. The number of hydrogen-bond acceptors (Lipinski definition) is 4. The van der Waals surface area contributed by atoms with Gasteiger partial charge in [-0.15, -0.1) is 0 Å². The molecule has 0 spiro atoms. The number of fused-ring (bicyclic) bond motifs is 1. The van der Waals surface area contributed by atoms with Gasteiger partial charge in [-0.05, 0) is 36.5 Å². The Labute approximate surface area is 127 Å². The average Bonchev–Trinajstić information content (AvgIpc) is 2.88. The molecule has 1 amide bonds. The number of rotatable bonds is 4. The number of aldehydes is 1. The number of amides is 1. The Morgan fingerprint density at radius 2 is 2.32 bits per heavy atom. The Balaban J connectivity index is 1.74. The fraction of sp³-hybridized carbons (Fsp3) is 0.438. The van der Waals surface area contributed by atoms with Crippen molar-refractivity contribution in [2.45, 2.75) is 25.3 Å². The number of hydrogen-bond donors (Lipinski definition) is 1. The van der Waals surface area contributed by atoms with E-state index in [0.717, 1.165) is 23.8 Å². The van der Waals surface area contributed by atoms with Gasteiger partial charge in [-0.25, -0.2) is 4.79 Å². The molecule has 1 aliphatic carbocycles. The highest BCUT2D eigenvalue weighted by Crippen LogP contribution is 2.34. The van der Waals surface area contributed by atoms with E-state index in [-0.39, 0.29) is 18.6 Å². The van der Waals surface area contributed by atoms with Crippen LogP contribution in [0.25, 0.3) is 0 Å². The predicted molar refractivity (Wildman–Crippen MR) is 76.7 cm³/mol. The molecule has 1 aliphatic heterocycles. The molecule has 1 fully saturated rings. The van der Waals surface area contributed by atoms with Crippen LogP contribution < -0.4 is 4.74 Å². The zero-order valence-electron chi connectivity index (χ0n) is 12.0. The van der Waals surface area contributed by atoms with Crippen molar-refractivity contribution in [2.75, 3.05) is 13.2 Å². The minimum Gasteiger partial charge on any atom is -0.490 e. The third kappa shape index (κ3) is 2.39. The van der Waals surface area contributed by atoms with Crippen LogP contribution in [0.4, 0.5) is 4.79 Å². The van der Waals surface area contributed by atoms with Crippen LogP contribution in [0.2, 0.25) is 0 Å². The van der Waals surface area contributed by atoms with Crippen molar-refractivity contribution in [1.82, 2.24) is 4.90 Å². The second kappa shape index (κ2) is 5.68. The highest BCUT2D eigenvalue weighted by Gasteiger charge is 2.33. The Kier molecular flexibility index (Phi) is 3.72. The first-order valence-electron chi connectivity index (χ1n) is 7.26. The van der Waals surface area contributed by atoms with Gasteiger partial charge in [0.2, 0.25) is 0 Å². The van der Waals surface area contributed by atoms with Crippen LogP contribution in [0.15, 0.2) is 12.1 Å². The normalized spacial score (nSPS) is 22.4. The second-order valence-electron chi connectivity index (χ2n) is 5.72. The molecule has 2 atom stereocenters. The lowest BCUT2D eigenvalue weighted by Gasteiger charge is -2.38. The molecule has 114 valence electrons. The molecule has 0 bridgehead atoms. The Morgan fingerprint density at radius 3 is 2.91 bits per heavy atom. The summed E-state index contributed by atoms with van der Waals surface area (Å²) in [5.41, 5.74) is 2.39. The van der Waals surface area contributed by atoms with Crippen molar-refractivity contribution in [3.05, 3.63) is 28.8 Å². The fourth-order valence-electron chi connectivity index (χ4n) is 3.10. The number of nitrogens with zero attached hydrogens (tertiary/aromatic N) is 2. The van der Waals surface area contributed by atoms with Crippen molar-refractivity contribution in [1.29, 1.82) is 5.26 Å². The van der Waals surface area contributed by atoms with Gasteiger partial charge in [-0.2, -0.15) is 5.26 Å². The third-order valence-electron chi connectivity index (χ3n) is 4.45. The molecule has 0 saturated carbocycles. The molecule has 3 rings (SSSR count). The van der Waals surface area contributed by atoms with Crippen molar-refractivity contribution >= 4 is 12.4 Å². The number of likely N-dealkylation sites (tertiary alicyclic amines) is 1. The van der Waals surface area contributed by atoms with Crippen LogP contribution in [0.3, 0.4) is 0 Å². The number of benzene rings is 1. The summed E-state index contributed by atoms with van der Waals surface area (Å²) >= 11 is 0. The van der Waals surface area contributed by atoms with E-state index in [4.69, 9.17) is 9.84 Å². The largest absolute Gasteiger partial charge is 0.490 e. The summed E-state index contributed by atoms with van der Waals surface area (Å²) in [6.07, 6.45) is 2.00. The maximum atomic E-state index is 10.9. The van der Waals surface area contributed by atoms with E-state index < -0.39 is 6.09 Å². The van der Waals surface area contributed by atoms with Gasteiger partial charge in [0.25, 0.3) is 0 Å². The van der Waals surface area contributed by atoms with Gasteiger partial charge < -0.3 is 19.5 Å². The average molecular weight is 300 g/mol. The standard InChI is InChI=1S/C16H16N2O4/c17-7-14-13-6-10(8-19)5-11(13)1-2-15(14)22-9-12-3-4-18(12)16(20)21/h1-2,8,10,12H,3-6,9H2,(H,20,21). The van der Waals surface area contributed by atoms with Gasteiger partial charge >= 0.3 is 6.09 Å². The van der Waals surface area contributed by atoms with Crippen molar-refractivity contribution in [3.8, 4) is 11.8 Å². The van der Waals surface area contributed by atoms with E-state index in [1.807, 2.05) is 6.07 Å². The van der Waals surface area contributed by atoms with Gasteiger partial charge in [0.1, 0.15) is 24.7 Å². The van der Waals surface area contributed by atoms with Crippen LogP contribution in [0, 0.1) is 17.2 Å². The molecule has 1 aromatic carbocycles. The van der Waals surface area contributed by atoms with Gasteiger partial charge in [-0.3, -0.25) is 0 Å². The van der Waals surface area contributed by atoms with Gasteiger partial charge in [0.05, 0.1) is 11.6 Å². The molecule has 2 unspecified atom stereocenters. The highest BCUT2D eigenvalue weighted by atomic mass is 16.5. The highest BCUT2D eigenvalue weighted by molar-refractivity contribution is 5.66. The Bertz CT molecular complexity index is 665.